The summed E-state index contributed by atoms with van der Waals surface area (Å²) in [5.41, 5.74) is 6.75. The summed E-state index contributed by atoms with van der Waals surface area (Å²) in [6.45, 7) is 2.82. The molecule has 0 atom stereocenters. The summed E-state index contributed by atoms with van der Waals surface area (Å²) in [5.74, 6) is -0.720. The molecule has 2 heterocycles. The molecular weight excluding hydrogens is 473 g/mol. The van der Waals surface area contributed by atoms with E-state index in [1.54, 1.807) is 23.2 Å². The van der Waals surface area contributed by atoms with Crippen LogP contribution in [0.5, 0.6) is 5.75 Å². The predicted octanol–water partition coefficient (Wildman–Crippen LogP) is 4.37. The molecule has 1 aromatic heterocycles. The van der Waals surface area contributed by atoms with Gasteiger partial charge >= 0.3 is 0 Å². The fourth-order valence-electron chi connectivity index (χ4n) is 4.24. The van der Waals surface area contributed by atoms with Crippen LogP contribution in [0.15, 0.2) is 85.1 Å². The molecule has 0 unspecified atom stereocenters. The van der Waals surface area contributed by atoms with E-state index in [1.165, 1.54) is 12.1 Å². The van der Waals surface area contributed by atoms with Crippen LogP contribution in [0, 0.1) is 5.82 Å². The van der Waals surface area contributed by atoms with Gasteiger partial charge in [0.2, 0.25) is 0 Å². The van der Waals surface area contributed by atoms with E-state index in [-0.39, 0.29) is 17.2 Å². The summed E-state index contributed by atoms with van der Waals surface area (Å²) >= 11 is 0. The maximum Gasteiger partial charge on any atom is 0.256 e. The zero-order valence-electron chi connectivity index (χ0n) is 20.4. The normalized spacial score (nSPS) is 14.1. The van der Waals surface area contributed by atoms with Gasteiger partial charge in [0.25, 0.3) is 5.91 Å². The molecule has 0 bridgehead atoms. The van der Waals surface area contributed by atoms with Crippen molar-refractivity contribution in [2.75, 3.05) is 18.8 Å². The fraction of sp³-hybridized carbons (Fsp3) is 0.207. The van der Waals surface area contributed by atoms with Crippen molar-refractivity contribution in [2.45, 2.75) is 24.9 Å². The van der Waals surface area contributed by atoms with E-state index in [9.17, 15) is 19.4 Å². The summed E-state index contributed by atoms with van der Waals surface area (Å²) in [4.78, 5) is 26.1. The monoisotopic (exact) mass is 503 g/mol. The Bertz CT molecular complexity index is 1320. The zero-order chi connectivity index (χ0) is 26.8. The summed E-state index contributed by atoms with van der Waals surface area (Å²) in [6.07, 6.45) is 3.18. The molecule has 1 fully saturated rings. The standard InChI is InChI=1S/C19H21FN2O2.C9H7NO.CH2O/c20-17-12-15(21)6-7-16(17)18(23)22-10-8-19(24,9-11-22)13-14-4-2-1-3-5-14;11-8-5-1-3-7-4-2-6-10-9(7)8;1-2/h1-7,12,24H,8-11,13,21H2;1-6,11H;1H2. The van der Waals surface area contributed by atoms with Crippen LogP contribution in [0.1, 0.15) is 28.8 Å². The number of aromatic hydroxyl groups is 1. The third kappa shape index (κ3) is 7.11. The maximum atomic E-state index is 13.9. The number of nitrogens with two attached hydrogens (primary N) is 1. The van der Waals surface area contributed by atoms with Crippen LogP contribution in [-0.2, 0) is 11.2 Å². The Kier molecular flexibility index (Phi) is 9.29. The first-order valence-electron chi connectivity index (χ1n) is 11.8. The number of fused-ring (bicyclic) bond motifs is 1. The molecule has 1 aliphatic heterocycles. The molecule has 3 aromatic carbocycles. The number of carbonyl (C=O) groups excluding carboxylic acids is 2. The first-order chi connectivity index (χ1) is 17.8. The number of para-hydroxylation sites is 1. The number of hydrogen-bond acceptors (Lipinski definition) is 6. The van der Waals surface area contributed by atoms with E-state index >= 15 is 0 Å². The van der Waals surface area contributed by atoms with Crippen LogP contribution in [-0.4, -0.2) is 51.5 Å². The minimum absolute atomic E-state index is 0.0256. The van der Waals surface area contributed by atoms with Crippen LogP contribution in [0.2, 0.25) is 0 Å². The number of halogens is 1. The molecule has 192 valence electrons. The number of rotatable bonds is 3. The van der Waals surface area contributed by atoms with Crippen LogP contribution in [0.3, 0.4) is 0 Å². The van der Waals surface area contributed by atoms with E-state index in [1.807, 2.05) is 55.3 Å². The van der Waals surface area contributed by atoms with Gasteiger partial charge in [-0.1, -0.05) is 48.5 Å². The molecule has 4 N–H and O–H groups in total. The highest BCUT2D eigenvalue weighted by Gasteiger charge is 2.34. The lowest BCUT2D eigenvalue weighted by atomic mass is 9.85. The first kappa shape index (κ1) is 27.3. The molecule has 1 aliphatic rings. The minimum atomic E-state index is -0.822. The van der Waals surface area contributed by atoms with Crippen molar-refractivity contribution in [1.82, 2.24) is 9.88 Å². The molecule has 8 heteroatoms. The topological polar surface area (TPSA) is 117 Å². The van der Waals surface area contributed by atoms with Gasteiger partial charge < -0.3 is 25.6 Å². The second-order valence-electron chi connectivity index (χ2n) is 8.77. The van der Waals surface area contributed by atoms with E-state index in [0.717, 1.165) is 17.0 Å². The molecule has 1 saturated heterocycles. The van der Waals surface area contributed by atoms with Gasteiger partial charge in [0, 0.05) is 36.8 Å². The van der Waals surface area contributed by atoms with Gasteiger partial charge in [-0.25, -0.2) is 4.39 Å². The lowest BCUT2D eigenvalue weighted by molar-refractivity contribution is -0.0980. The number of amides is 1. The number of anilines is 1. The molecule has 1 amide bonds. The van der Waals surface area contributed by atoms with Gasteiger partial charge in [0.15, 0.2) is 0 Å². The predicted molar refractivity (Wildman–Crippen MR) is 142 cm³/mol. The fourth-order valence-corrected chi connectivity index (χ4v) is 4.24. The quantitative estimate of drug-likeness (QED) is 0.358. The van der Waals surface area contributed by atoms with Gasteiger partial charge in [-0.2, -0.15) is 0 Å². The maximum absolute atomic E-state index is 13.9. The van der Waals surface area contributed by atoms with Crippen molar-refractivity contribution >= 4 is 29.3 Å². The highest BCUT2D eigenvalue weighted by Crippen LogP contribution is 2.28. The number of benzene rings is 3. The van der Waals surface area contributed by atoms with Crippen LogP contribution in [0.4, 0.5) is 10.1 Å². The lowest BCUT2D eigenvalue weighted by Crippen LogP contribution is -2.47. The third-order valence-corrected chi connectivity index (χ3v) is 6.19. The Balaban J connectivity index is 0.000000243. The van der Waals surface area contributed by atoms with Crippen molar-refractivity contribution in [3.05, 3.63) is 102 Å². The largest absolute Gasteiger partial charge is 0.506 e. The van der Waals surface area contributed by atoms with Crippen molar-refractivity contribution < 1.29 is 24.2 Å². The minimum Gasteiger partial charge on any atom is -0.506 e. The second-order valence-corrected chi connectivity index (χ2v) is 8.77. The van der Waals surface area contributed by atoms with Crippen molar-refractivity contribution in [3.63, 3.8) is 0 Å². The molecule has 37 heavy (non-hydrogen) atoms. The Hall–Kier alpha value is -4.30. The summed E-state index contributed by atoms with van der Waals surface area (Å²) in [5, 5.41) is 21.0. The zero-order valence-corrected chi connectivity index (χ0v) is 20.4. The van der Waals surface area contributed by atoms with E-state index in [2.05, 4.69) is 4.98 Å². The smallest absolute Gasteiger partial charge is 0.256 e. The Morgan fingerprint density at radius 1 is 1.00 bits per heavy atom. The molecule has 7 nitrogen and oxygen atoms in total. The summed E-state index contributed by atoms with van der Waals surface area (Å²) in [7, 11) is 0. The van der Waals surface area contributed by atoms with Crippen LogP contribution >= 0.6 is 0 Å². The van der Waals surface area contributed by atoms with Crippen molar-refractivity contribution in [2.24, 2.45) is 0 Å². The number of aromatic nitrogens is 1. The van der Waals surface area contributed by atoms with Crippen LogP contribution in [0.25, 0.3) is 10.9 Å². The average molecular weight is 504 g/mol. The second kappa shape index (κ2) is 12.6. The number of nitrogen functional groups attached to an aromatic ring is 1. The average Bonchev–Trinajstić information content (AvgIpc) is 2.91. The molecule has 0 aliphatic carbocycles. The van der Waals surface area contributed by atoms with Gasteiger partial charge in [0.05, 0.1) is 11.2 Å². The van der Waals surface area contributed by atoms with E-state index < -0.39 is 11.4 Å². The van der Waals surface area contributed by atoms with Gasteiger partial charge in [-0.3, -0.25) is 9.78 Å². The molecule has 0 spiro atoms. The number of phenolic OH excluding ortho intramolecular Hbond substituents is 1. The number of aliphatic hydroxyl groups is 1. The molecule has 4 aromatic rings. The number of hydrogen-bond donors (Lipinski definition) is 3. The highest BCUT2D eigenvalue weighted by molar-refractivity contribution is 5.95. The van der Waals surface area contributed by atoms with Gasteiger partial charge in [-0.05, 0) is 48.7 Å². The number of phenols is 1. The Morgan fingerprint density at radius 3 is 2.32 bits per heavy atom. The first-order valence-corrected chi connectivity index (χ1v) is 11.8. The Morgan fingerprint density at radius 2 is 1.68 bits per heavy atom. The van der Waals surface area contributed by atoms with Crippen molar-refractivity contribution in [3.8, 4) is 5.75 Å². The molecule has 0 radical (unpaired) electrons. The number of piperidine rings is 1. The highest BCUT2D eigenvalue weighted by atomic mass is 19.1. The molecule has 5 rings (SSSR count). The molecule has 0 saturated carbocycles. The Labute approximate surface area is 215 Å². The number of carbonyl (C=O) groups is 2. The van der Waals surface area contributed by atoms with E-state index in [4.69, 9.17) is 10.5 Å². The molecular formula is C29H30FN3O4. The lowest BCUT2D eigenvalue weighted by Gasteiger charge is -2.38. The number of pyridine rings is 1. The van der Waals surface area contributed by atoms with Gasteiger partial charge in [-0.15, -0.1) is 0 Å². The van der Waals surface area contributed by atoms with Crippen LogP contribution < -0.4 is 5.73 Å². The van der Waals surface area contributed by atoms with E-state index in [0.29, 0.717) is 43.6 Å². The van der Waals surface area contributed by atoms with Crippen molar-refractivity contribution in [1.29, 1.82) is 0 Å². The number of likely N-dealkylation sites (tertiary alicyclic amines) is 1. The third-order valence-electron chi connectivity index (χ3n) is 6.19. The van der Waals surface area contributed by atoms with Gasteiger partial charge in [0.1, 0.15) is 23.9 Å². The summed E-state index contributed by atoms with van der Waals surface area (Å²) < 4.78 is 13.9. The number of nitrogens with zero attached hydrogens (tertiary/aromatic N) is 2. The SMILES string of the molecule is C=O.Nc1ccc(C(=O)N2CCC(O)(Cc3ccccc3)CC2)c(F)c1.Oc1cccc2cccnc12. The summed E-state index contributed by atoms with van der Waals surface area (Å²) in [6, 6.07) is 23.0.